The summed E-state index contributed by atoms with van der Waals surface area (Å²) in [5.74, 6) is -0.858. The van der Waals surface area contributed by atoms with E-state index in [0.717, 1.165) is 0 Å². The van der Waals surface area contributed by atoms with Crippen molar-refractivity contribution in [1.82, 2.24) is 0 Å². The average Bonchev–Trinajstić information content (AvgIpc) is 2.48. The quantitative estimate of drug-likeness (QED) is 0.492. The number of nitrogens with zero attached hydrogens (tertiary/aromatic N) is 1. The predicted molar refractivity (Wildman–Crippen MR) is 79.2 cm³/mol. The lowest BCUT2D eigenvalue weighted by atomic mass is 10.2. The monoisotopic (exact) mass is 287 g/mol. The van der Waals surface area contributed by atoms with Crippen LogP contribution in [0.1, 0.15) is 13.8 Å². The van der Waals surface area contributed by atoms with E-state index >= 15 is 0 Å². The molecule has 0 aliphatic rings. The molecule has 0 unspecified atom stereocenters. The Morgan fingerprint density at radius 1 is 1.24 bits per heavy atom. The van der Waals surface area contributed by atoms with Crippen LogP contribution in [0.3, 0.4) is 0 Å². The molecule has 0 radical (unpaired) electrons. The number of ether oxygens (including phenoxy) is 1. The maximum absolute atomic E-state index is 11.5. The number of anilines is 2. The molecule has 1 rings (SSSR count). The molecule has 0 aromatic heterocycles. The molecule has 0 saturated heterocycles. The van der Waals surface area contributed by atoms with Gasteiger partial charge in [-0.2, -0.15) is 5.26 Å². The molecular weight excluding hydrogens is 270 g/mol. The molecule has 1 amide bonds. The summed E-state index contributed by atoms with van der Waals surface area (Å²) in [6, 6.07) is 8.63. The van der Waals surface area contributed by atoms with Crippen molar-refractivity contribution in [3.05, 3.63) is 36.0 Å². The lowest BCUT2D eigenvalue weighted by Gasteiger charge is -2.08. The molecule has 0 saturated carbocycles. The number of carbonyl (C=O) groups is 2. The van der Waals surface area contributed by atoms with Gasteiger partial charge < -0.3 is 15.4 Å². The normalized spacial score (nSPS) is 10.7. The molecule has 2 N–H and O–H groups in total. The summed E-state index contributed by atoms with van der Waals surface area (Å²) in [4.78, 5) is 22.7. The van der Waals surface area contributed by atoms with Gasteiger partial charge in [0.05, 0.1) is 7.11 Å². The largest absolute Gasteiger partial charge is 0.465 e. The number of benzene rings is 1. The molecule has 0 aliphatic heterocycles. The predicted octanol–water partition coefficient (Wildman–Crippen LogP) is 2.27. The molecule has 0 bridgehead atoms. The van der Waals surface area contributed by atoms with Gasteiger partial charge in [-0.25, -0.2) is 4.79 Å². The van der Waals surface area contributed by atoms with Crippen molar-refractivity contribution in [3.8, 4) is 6.07 Å². The van der Waals surface area contributed by atoms with Crippen LogP contribution in [0.25, 0.3) is 0 Å². The molecule has 110 valence electrons. The first-order valence-corrected chi connectivity index (χ1v) is 6.34. The lowest BCUT2D eigenvalue weighted by molar-refractivity contribution is -0.135. The maximum Gasteiger partial charge on any atom is 0.350 e. The second-order valence-electron chi connectivity index (χ2n) is 4.53. The van der Waals surface area contributed by atoms with Crippen molar-refractivity contribution in [2.75, 3.05) is 17.7 Å². The first-order chi connectivity index (χ1) is 9.97. The first-order valence-electron chi connectivity index (χ1n) is 6.34. The Morgan fingerprint density at radius 3 is 2.29 bits per heavy atom. The van der Waals surface area contributed by atoms with Gasteiger partial charge in [-0.1, -0.05) is 13.8 Å². The van der Waals surface area contributed by atoms with E-state index in [4.69, 9.17) is 5.26 Å². The maximum atomic E-state index is 11.5. The number of esters is 1. The van der Waals surface area contributed by atoms with Gasteiger partial charge in [0, 0.05) is 23.5 Å². The minimum absolute atomic E-state index is 0.0620. The SMILES string of the molecule is COC(=O)/C(C#N)=C\Nc1ccc(NC(=O)C(C)C)cc1. The minimum Gasteiger partial charge on any atom is -0.465 e. The van der Waals surface area contributed by atoms with Crippen molar-refractivity contribution in [2.45, 2.75) is 13.8 Å². The van der Waals surface area contributed by atoms with Crippen LogP contribution in [0, 0.1) is 17.2 Å². The van der Waals surface area contributed by atoms with Crippen LogP contribution >= 0.6 is 0 Å². The van der Waals surface area contributed by atoms with Crippen LogP contribution < -0.4 is 10.6 Å². The summed E-state index contributed by atoms with van der Waals surface area (Å²) in [6.07, 6.45) is 1.27. The smallest absolute Gasteiger partial charge is 0.350 e. The van der Waals surface area contributed by atoms with Gasteiger partial charge in [0.15, 0.2) is 5.57 Å². The molecule has 0 aliphatic carbocycles. The Kier molecular flexibility index (Phi) is 5.96. The van der Waals surface area contributed by atoms with E-state index in [0.29, 0.717) is 11.4 Å². The number of hydrogen-bond donors (Lipinski definition) is 2. The van der Waals surface area contributed by atoms with E-state index in [1.54, 1.807) is 30.3 Å². The zero-order valence-electron chi connectivity index (χ0n) is 12.1. The van der Waals surface area contributed by atoms with Crippen LogP contribution in [0.4, 0.5) is 11.4 Å². The third-order valence-corrected chi connectivity index (χ3v) is 2.59. The summed E-state index contributed by atoms with van der Waals surface area (Å²) < 4.78 is 4.46. The highest BCUT2D eigenvalue weighted by atomic mass is 16.5. The zero-order chi connectivity index (χ0) is 15.8. The fourth-order valence-electron chi connectivity index (χ4n) is 1.34. The summed E-state index contributed by atoms with van der Waals surface area (Å²) >= 11 is 0. The Morgan fingerprint density at radius 2 is 1.81 bits per heavy atom. The van der Waals surface area contributed by atoms with Crippen LogP contribution in [0.2, 0.25) is 0 Å². The summed E-state index contributed by atoms with van der Waals surface area (Å²) in [5.41, 5.74) is 1.22. The fraction of sp³-hybridized carbons (Fsp3) is 0.267. The molecule has 1 aromatic rings. The standard InChI is InChI=1S/C15H17N3O3/c1-10(2)14(19)18-13-6-4-12(5-7-13)17-9-11(8-16)15(20)21-3/h4-7,9-10,17H,1-3H3,(H,18,19)/b11-9-. The second kappa shape index (κ2) is 7.70. The van der Waals surface area contributed by atoms with Crippen LogP contribution in [-0.2, 0) is 14.3 Å². The number of amides is 1. The van der Waals surface area contributed by atoms with Crippen LogP contribution in [-0.4, -0.2) is 19.0 Å². The van der Waals surface area contributed by atoms with Crippen molar-refractivity contribution in [1.29, 1.82) is 5.26 Å². The van der Waals surface area contributed by atoms with E-state index in [9.17, 15) is 9.59 Å². The van der Waals surface area contributed by atoms with E-state index in [2.05, 4.69) is 15.4 Å². The summed E-state index contributed by atoms with van der Waals surface area (Å²) in [6.45, 7) is 3.62. The van der Waals surface area contributed by atoms with Gasteiger partial charge in [-0.3, -0.25) is 4.79 Å². The third-order valence-electron chi connectivity index (χ3n) is 2.59. The van der Waals surface area contributed by atoms with E-state index < -0.39 is 5.97 Å². The van der Waals surface area contributed by atoms with Crippen molar-refractivity contribution >= 4 is 23.3 Å². The minimum atomic E-state index is -0.703. The number of carbonyl (C=O) groups excluding carboxylic acids is 2. The van der Waals surface area contributed by atoms with E-state index in [1.165, 1.54) is 13.3 Å². The number of nitrogens with one attached hydrogen (secondary N) is 2. The Bertz CT molecular complexity index is 583. The molecule has 0 fully saturated rings. The van der Waals surface area contributed by atoms with Gasteiger partial charge in [-0.15, -0.1) is 0 Å². The lowest BCUT2D eigenvalue weighted by Crippen LogP contribution is -2.17. The molecule has 21 heavy (non-hydrogen) atoms. The highest BCUT2D eigenvalue weighted by Gasteiger charge is 2.08. The third kappa shape index (κ3) is 4.99. The van der Waals surface area contributed by atoms with Crippen LogP contribution in [0.5, 0.6) is 0 Å². The number of methoxy groups -OCH3 is 1. The average molecular weight is 287 g/mol. The van der Waals surface area contributed by atoms with Gasteiger partial charge in [0.1, 0.15) is 6.07 Å². The van der Waals surface area contributed by atoms with Crippen molar-refractivity contribution in [3.63, 3.8) is 0 Å². The first kappa shape index (κ1) is 16.2. The number of hydrogen-bond acceptors (Lipinski definition) is 5. The summed E-state index contributed by atoms with van der Waals surface area (Å²) in [5, 5.41) is 14.4. The van der Waals surface area contributed by atoms with E-state index in [-0.39, 0.29) is 17.4 Å². The van der Waals surface area contributed by atoms with Crippen molar-refractivity contribution in [2.24, 2.45) is 5.92 Å². The number of nitriles is 1. The van der Waals surface area contributed by atoms with Gasteiger partial charge in [0.2, 0.25) is 5.91 Å². The molecule has 1 aromatic carbocycles. The molecule has 0 atom stereocenters. The van der Waals surface area contributed by atoms with Gasteiger partial charge in [-0.05, 0) is 24.3 Å². The molecule has 6 nitrogen and oxygen atoms in total. The number of rotatable bonds is 5. The highest BCUT2D eigenvalue weighted by molar-refractivity contribution is 5.93. The fourth-order valence-corrected chi connectivity index (χ4v) is 1.34. The van der Waals surface area contributed by atoms with Crippen molar-refractivity contribution < 1.29 is 14.3 Å². The molecule has 0 spiro atoms. The highest BCUT2D eigenvalue weighted by Crippen LogP contribution is 2.14. The molecule has 0 heterocycles. The Labute approximate surface area is 123 Å². The molecule has 6 heteroatoms. The Balaban J connectivity index is 2.71. The van der Waals surface area contributed by atoms with E-state index in [1.807, 2.05) is 13.8 Å². The topological polar surface area (TPSA) is 91.2 Å². The second-order valence-corrected chi connectivity index (χ2v) is 4.53. The van der Waals surface area contributed by atoms with Gasteiger partial charge in [0.25, 0.3) is 0 Å². The van der Waals surface area contributed by atoms with Gasteiger partial charge >= 0.3 is 5.97 Å². The molecular formula is C15H17N3O3. The van der Waals surface area contributed by atoms with Crippen LogP contribution in [0.15, 0.2) is 36.0 Å². The Hall–Kier alpha value is -2.81. The summed E-state index contributed by atoms with van der Waals surface area (Å²) in [7, 11) is 1.21. The zero-order valence-corrected chi connectivity index (χ0v) is 12.1.